The molecule has 80 heavy (non-hydrogen) atoms. The van der Waals surface area contributed by atoms with Gasteiger partial charge in [0.2, 0.25) is 5.91 Å². The maximum atomic E-state index is 13.1. The summed E-state index contributed by atoms with van der Waals surface area (Å²) < 4.78 is 11.3. The minimum absolute atomic E-state index is 0.215. The van der Waals surface area contributed by atoms with Crippen molar-refractivity contribution in [3.05, 3.63) is 146 Å². The van der Waals surface area contributed by atoms with Crippen molar-refractivity contribution in [2.24, 2.45) is 0 Å². The maximum Gasteiger partial charge on any atom is 0.220 e. The molecule has 0 radical (unpaired) electrons. The van der Waals surface area contributed by atoms with Gasteiger partial charge in [0.25, 0.3) is 0 Å². The number of aliphatic hydroxyl groups excluding tert-OH is 5. The Morgan fingerprint density at radius 2 is 0.787 bits per heavy atom. The molecule has 0 aliphatic carbocycles. The molecule has 0 saturated carbocycles. The average Bonchev–Trinajstić information content (AvgIpc) is 3.46. The smallest absolute Gasteiger partial charge is 0.220 e. The summed E-state index contributed by atoms with van der Waals surface area (Å²) in [6.07, 6.45) is 83.5. The highest BCUT2D eigenvalue weighted by Gasteiger charge is 2.44. The first-order chi connectivity index (χ1) is 39.3. The van der Waals surface area contributed by atoms with Crippen LogP contribution in [0.5, 0.6) is 0 Å². The molecular formula is C71H117NO8. The first kappa shape index (κ1) is 74.1. The zero-order valence-corrected chi connectivity index (χ0v) is 50.5. The molecule has 9 nitrogen and oxygen atoms in total. The summed E-state index contributed by atoms with van der Waals surface area (Å²) in [7, 11) is 0. The highest BCUT2D eigenvalue weighted by atomic mass is 16.7. The molecule has 1 fully saturated rings. The largest absolute Gasteiger partial charge is 0.394 e. The van der Waals surface area contributed by atoms with Crippen LogP contribution in [-0.4, -0.2) is 87.5 Å². The highest BCUT2D eigenvalue weighted by molar-refractivity contribution is 5.76. The molecule has 1 rings (SSSR count). The third-order valence-electron chi connectivity index (χ3n) is 14.1. The van der Waals surface area contributed by atoms with E-state index in [1.807, 2.05) is 6.08 Å². The van der Waals surface area contributed by atoms with Gasteiger partial charge in [-0.15, -0.1) is 0 Å². The fourth-order valence-corrected chi connectivity index (χ4v) is 9.12. The van der Waals surface area contributed by atoms with Gasteiger partial charge in [0.05, 0.1) is 25.4 Å². The van der Waals surface area contributed by atoms with E-state index >= 15 is 0 Å². The lowest BCUT2D eigenvalue weighted by Crippen LogP contribution is -2.60. The number of hydrogen-bond donors (Lipinski definition) is 6. The van der Waals surface area contributed by atoms with Crippen molar-refractivity contribution in [3.8, 4) is 0 Å². The molecule has 1 saturated heterocycles. The Hall–Kier alpha value is -3.93. The summed E-state index contributed by atoms with van der Waals surface area (Å²) in [4.78, 5) is 13.1. The molecule has 1 aliphatic heterocycles. The van der Waals surface area contributed by atoms with Crippen molar-refractivity contribution < 1.29 is 39.8 Å². The van der Waals surface area contributed by atoms with Gasteiger partial charge < -0.3 is 40.3 Å². The predicted octanol–water partition coefficient (Wildman–Crippen LogP) is 17.0. The van der Waals surface area contributed by atoms with E-state index in [1.165, 1.54) is 89.9 Å². The zero-order valence-electron chi connectivity index (χ0n) is 50.5. The molecule has 0 bridgehead atoms. The fraction of sp³-hybridized carbons (Fsp3) is 0.648. The first-order valence-electron chi connectivity index (χ1n) is 32.1. The van der Waals surface area contributed by atoms with Crippen LogP contribution in [0.1, 0.15) is 239 Å². The Balaban J connectivity index is 2.26. The molecule has 0 aromatic heterocycles. The van der Waals surface area contributed by atoms with E-state index in [0.29, 0.717) is 12.8 Å². The van der Waals surface area contributed by atoms with Gasteiger partial charge in [-0.3, -0.25) is 4.79 Å². The van der Waals surface area contributed by atoms with Crippen molar-refractivity contribution in [2.75, 3.05) is 13.2 Å². The summed E-state index contributed by atoms with van der Waals surface area (Å²) in [6, 6.07) is -0.852. The molecule has 0 spiro atoms. The van der Waals surface area contributed by atoms with E-state index in [0.717, 1.165) is 122 Å². The van der Waals surface area contributed by atoms with Crippen molar-refractivity contribution in [3.63, 3.8) is 0 Å². The molecular weight excluding hydrogens is 995 g/mol. The van der Waals surface area contributed by atoms with E-state index in [4.69, 9.17) is 9.47 Å². The highest BCUT2D eigenvalue weighted by Crippen LogP contribution is 2.23. The third-order valence-corrected chi connectivity index (χ3v) is 14.1. The summed E-state index contributed by atoms with van der Waals surface area (Å²) in [6.45, 7) is 3.63. The number of unbranched alkanes of at least 4 members (excludes halogenated alkanes) is 21. The van der Waals surface area contributed by atoms with Gasteiger partial charge in [-0.05, 0) is 116 Å². The fourth-order valence-electron chi connectivity index (χ4n) is 9.12. The maximum absolute atomic E-state index is 13.1. The molecule has 6 N–H and O–H groups in total. The molecule has 0 aromatic carbocycles. The lowest BCUT2D eigenvalue weighted by atomic mass is 9.99. The lowest BCUT2D eigenvalue weighted by molar-refractivity contribution is -0.302. The molecule has 1 amide bonds. The Kier molecular flexibility index (Phi) is 54.0. The SMILES string of the molecule is CC/C=C\C/C=C\C/C=C\C/C=C\C/C=C\C/C=C\C/C=C\C/C=C\C/C=C\CCCCCCCC(=O)NC(COC1OC(CO)C(O)C(O)C1O)C(O)/C=C/CC/C=C/CC/C=C/CCCCCCCCCCCCCCCC. The van der Waals surface area contributed by atoms with Crippen LogP contribution in [0.2, 0.25) is 0 Å². The normalized spacial score (nSPS) is 19.5. The lowest BCUT2D eigenvalue weighted by Gasteiger charge is -2.40. The van der Waals surface area contributed by atoms with Gasteiger partial charge in [-0.1, -0.05) is 262 Å². The van der Waals surface area contributed by atoms with Crippen molar-refractivity contribution in [2.45, 2.75) is 281 Å². The van der Waals surface area contributed by atoms with Gasteiger partial charge in [0, 0.05) is 6.42 Å². The van der Waals surface area contributed by atoms with Crippen LogP contribution in [0, 0.1) is 0 Å². The second kappa shape index (κ2) is 58.3. The van der Waals surface area contributed by atoms with Gasteiger partial charge >= 0.3 is 0 Å². The van der Waals surface area contributed by atoms with Crippen molar-refractivity contribution in [1.82, 2.24) is 5.32 Å². The van der Waals surface area contributed by atoms with Gasteiger partial charge in [-0.25, -0.2) is 0 Å². The van der Waals surface area contributed by atoms with E-state index in [1.54, 1.807) is 6.08 Å². The average molecular weight is 1110 g/mol. The van der Waals surface area contributed by atoms with Gasteiger partial charge in [0.15, 0.2) is 6.29 Å². The van der Waals surface area contributed by atoms with Crippen LogP contribution in [0.15, 0.2) is 146 Å². The first-order valence-corrected chi connectivity index (χ1v) is 32.1. The Bertz CT molecular complexity index is 1770. The topological polar surface area (TPSA) is 149 Å². The Morgan fingerprint density at radius 1 is 0.438 bits per heavy atom. The van der Waals surface area contributed by atoms with Crippen LogP contribution in [0.3, 0.4) is 0 Å². The molecule has 454 valence electrons. The van der Waals surface area contributed by atoms with Crippen LogP contribution >= 0.6 is 0 Å². The Morgan fingerprint density at radius 3 is 1.20 bits per heavy atom. The number of carbonyl (C=O) groups excluding carboxylic acids is 1. The van der Waals surface area contributed by atoms with Crippen LogP contribution in [0.4, 0.5) is 0 Å². The standard InChI is InChI=1S/C71H117NO8/c1-3-5-7-9-11-13-15-17-19-21-23-25-27-29-30-31-32-33-34-35-36-37-39-41-43-45-47-49-51-53-55-57-59-61-67(75)72-64(63-79-71-70(78)69(77)68(76)66(62-73)80-71)65(74)60-58-56-54-52-50-48-46-44-42-40-38-28-26-24-22-20-18-16-14-12-10-8-6-4-2/h5,7,11,13,17,19,23,25,29-30,32-33,35-36,39,41-42,44-45,47,50,52,58,60,64-66,68-71,73-74,76-78H,3-4,6,8-10,12,14-16,18,20-22,24,26-28,31,34,37-38,40,43,46,48-49,51,53-57,59,61-63H2,1-2H3,(H,72,75)/b7-5-,13-11-,19-17-,25-23-,30-29-,33-32-,36-35-,41-39-,44-42+,47-45-,52-50+,60-58+. The van der Waals surface area contributed by atoms with Gasteiger partial charge in [0.1, 0.15) is 24.4 Å². The second-order valence-electron chi connectivity index (χ2n) is 21.4. The summed E-state index contributed by atoms with van der Waals surface area (Å²) in [5, 5.41) is 54.6. The van der Waals surface area contributed by atoms with Crippen LogP contribution in [-0.2, 0) is 14.3 Å². The Labute approximate surface area is 489 Å². The van der Waals surface area contributed by atoms with Crippen LogP contribution < -0.4 is 5.32 Å². The van der Waals surface area contributed by atoms with Gasteiger partial charge in [-0.2, -0.15) is 0 Å². The van der Waals surface area contributed by atoms with E-state index in [9.17, 15) is 30.3 Å². The van der Waals surface area contributed by atoms with E-state index in [2.05, 4.69) is 153 Å². The second-order valence-corrected chi connectivity index (χ2v) is 21.4. The minimum atomic E-state index is -1.59. The van der Waals surface area contributed by atoms with Crippen molar-refractivity contribution >= 4 is 5.91 Å². The monoisotopic (exact) mass is 1110 g/mol. The zero-order chi connectivity index (χ0) is 57.9. The number of hydrogen-bond acceptors (Lipinski definition) is 8. The molecule has 1 heterocycles. The molecule has 7 atom stereocenters. The van der Waals surface area contributed by atoms with Crippen LogP contribution in [0.25, 0.3) is 0 Å². The number of nitrogens with one attached hydrogen (secondary N) is 1. The van der Waals surface area contributed by atoms with E-state index in [-0.39, 0.29) is 12.5 Å². The summed E-state index contributed by atoms with van der Waals surface area (Å²) >= 11 is 0. The number of amides is 1. The number of aliphatic hydroxyl groups is 5. The summed E-state index contributed by atoms with van der Waals surface area (Å²) in [5.74, 6) is -0.215. The summed E-state index contributed by atoms with van der Waals surface area (Å²) in [5.41, 5.74) is 0. The predicted molar refractivity (Wildman–Crippen MR) is 340 cm³/mol. The number of carbonyl (C=O) groups is 1. The van der Waals surface area contributed by atoms with E-state index < -0.39 is 49.5 Å². The number of allylic oxidation sites excluding steroid dienone is 23. The molecule has 9 heteroatoms. The number of ether oxygens (including phenoxy) is 2. The molecule has 7 unspecified atom stereocenters. The minimum Gasteiger partial charge on any atom is -0.394 e. The number of rotatable bonds is 53. The van der Waals surface area contributed by atoms with Crippen molar-refractivity contribution in [1.29, 1.82) is 0 Å². The molecule has 1 aliphatic rings. The quantitative estimate of drug-likeness (QED) is 0.0261. The molecule has 0 aromatic rings. The third kappa shape index (κ3) is 46.7.